The van der Waals surface area contributed by atoms with Gasteiger partial charge in [-0.2, -0.15) is 0 Å². The second-order valence-electron chi connectivity index (χ2n) is 5.21. The van der Waals surface area contributed by atoms with Crippen molar-refractivity contribution in [2.24, 2.45) is 0 Å². The summed E-state index contributed by atoms with van der Waals surface area (Å²) in [4.78, 5) is 15.9. The number of aromatic nitrogens is 4. The van der Waals surface area contributed by atoms with E-state index in [9.17, 15) is 9.18 Å². The number of nitrogen functional groups attached to an aromatic ring is 1. The second kappa shape index (κ2) is 7.31. The summed E-state index contributed by atoms with van der Waals surface area (Å²) in [5, 5.41) is 11.0. The highest BCUT2D eigenvalue weighted by atomic mass is 32.2. The van der Waals surface area contributed by atoms with Crippen molar-refractivity contribution in [3.05, 3.63) is 54.1 Å². The molecule has 0 spiro atoms. The summed E-state index contributed by atoms with van der Waals surface area (Å²) in [5.41, 5.74) is 1.70. The van der Waals surface area contributed by atoms with Crippen LogP contribution in [0.1, 0.15) is 5.56 Å². The van der Waals surface area contributed by atoms with Crippen molar-refractivity contribution < 1.29 is 9.18 Å². The highest BCUT2D eigenvalue weighted by molar-refractivity contribution is 7.99. The molecule has 128 valence electrons. The standard InChI is InChI=1S/C16H15FN6OS/c1-10-2-3-12(8-13(10)17)20-14(24)9-25-16-22-21-15(23(16)18)11-4-6-19-7-5-11/h2-8H,9,18H2,1H3,(H,20,24). The molecule has 2 aromatic heterocycles. The van der Waals surface area contributed by atoms with Crippen LogP contribution >= 0.6 is 11.8 Å². The number of nitrogens with one attached hydrogen (secondary N) is 1. The number of aryl methyl sites for hydroxylation is 1. The van der Waals surface area contributed by atoms with Gasteiger partial charge in [-0.25, -0.2) is 9.07 Å². The van der Waals surface area contributed by atoms with E-state index >= 15 is 0 Å². The summed E-state index contributed by atoms with van der Waals surface area (Å²) >= 11 is 1.14. The van der Waals surface area contributed by atoms with E-state index in [0.29, 0.717) is 22.2 Å². The van der Waals surface area contributed by atoms with Crippen molar-refractivity contribution >= 4 is 23.4 Å². The largest absolute Gasteiger partial charge is 0.335 e. The first kappa shape index (κ1) is 16.9. The first-order valence-electron chi connectivity index (χ1n) is 7.34. The lowest BCUT2D eigenvalue weighted by Gasteiger charge is -2.06. The van der Waals surface area contributed by atoms with E-state index in [0.717, 1.165) is 17.3 Å². The molecule has 0 saturated carbocycles. The van der Waals surface area contributed by atoms with Crippen LogP contribution < -0.4 is 11.2 Å². The number of amides is 1. The van der Waals surface area contributed by atoms with Crippen LogP contribution in [-0.4, -0.2) is 31.5 Å². The fourth-order valence-electron chi connectivity index (χ4n) is 2.07. The molecule has 25 heavy (non-hydrogen) atoms. The van der Waals surface area contributed by atoms with Gasteiger partial charge in [-0.05, 0) is 36.8 Å². The molecule has 0 bridgehead atoms. The Labute approximate surface area is 147 Å². The van der Waals surface area contributed by atoms with Gasteiger partial charge in [-0.3, -0.25) is 9.78 Å². The summed E-state index contributed by atoms with van der Waals surface area (Å²) in [6.07, 6.45) is 3.26. The van der Waals surface area contributed by atoms with Crippen LogP contribution in [0.25, 0.3) is 11.4 Å². The molecule has 3 aromatic rings. The molecule has 7 nitrogen and oxygen atoms in total. The van der Waals surface area contributed by atoms with Crippen LogP contribution in [-0.2, 0) is 4.79 Å². The van der Waals surface area contributed by atoms with Crippen molar-refractivity contribution in [3.63, 3.8) is 0 Å². The highest BCUT2D eigenvalue weighted by Gasteiger charge is 2.14. The van der Waals surface area contributed by atoms with E-state index in [1.54, 1.807) is 43.6 Å². The van der Waals surface area contributed by atoms with Crippen molar-refractivity contribution in [3.8, 4) is 11.4 Å². The summed E-state index contributed by atoms with van der Waals surface area (Å²) in [6, 6.07) is 8.06. The van der Waals surface area contributed by atoms with Crippen LogP contribution in [0.2, 0.25) is 0 Å². The number of hydrogen-bond donors (Lipinski definition) is 2. The van der Waals surface area contributed by atoms with Gasteiger partial charge < -0.3 is 11.2 Å². The van der Waals surface area contributed by atoms with E-state index in [2.05, 4.69) is 20.5 Å². The predicted molar refractivity (Wildman–Crippen MR) is 93.9 cm³/mol. The third-order valence-electron chi connectivity index (χ3n) is 3.39. The van der Waals surface area contributed by atoms with Crippen molar-refractivity contribution in [1.29, 1.82) is 0 Å². The zero-order chi connectivity index (χ0) is 17.8. The highest BCUT2D eigenvalue weighted by Crippen LogP contribution is 2.21. The summed E-state index contributed by atoms with van der Waals surface area (Å²) in [6.45, 7) is 1.66. The third-order valence-corrected chi connectivity index (χ3v) is 4.33. The molecule has 0 aliphatic carbocycles. The molecule has 3 N–H and O–H groups in total. The van der Waals surface area contributed by atoms with Crippen LogP contribution in [0.4, 0.5) is 10.1 Å². The minimum Gasteiger partial charge on any atom is -0.335 e. The smallest absolute Gasteiger partial charge is 0.234 e. The Bertz CT molecular complexity index is 899. The summed E-state index contributed by atoms with van der Waals surface area (Å²) < 4.78 is 14.8. The first-order chi connectivity index (χ1) is 12.0. The Balaban J connectivity index is 1.63. The predicted octanol–water partition coefficient (Wildman–Crippen LogP) is 2.23. The monoisotopic (exact) mass is 358 g/mol. The number of carbonyl (C=O) groups is 1. The van der Waals surface area contributed by atoms with E-state index in [-0.39, 0.29) is 17.5 Å². The van der Waals surface area contributed by atoms with Gasteiger partial charge in [0, 0.05) is 23.6 Å². The number of hydrogen-bond acceptors (Lipinski definition) is 6. The van der Waals surface area contributed by atoms with E-state index in [4.69, 9.17) is 5.84 Å². The van der Waals surface area contributed by atoms with Crippen molar-refractivity contribution in [1.82, 2.24) is 19.9 Å². The molecule has 1 aromatic carbocycles. The zero-order valence-electron chi connectivity index (χ0n) is 13.3. The van der Waals surface area contributed by atoms with Gasteiger partial charge in [-0.15, -0.1) is 10.2 Å². The lowest BCUT2D eigenvalue weighted by atomic mass is 10.2. The average molecular weight is 358 g/mol. The maximum Gasteiger partial charge on any atom is 0.234 e. The maximum absolute atomic E-state index is 13.5. The molecule has 0 fully saturated rings. The van der Waals surface area contributed by atoms with Crippen LogP contribution in [0, 0.1) is 12.7 Å². The number of nitrogens with two attached hydrogens (primary N) is 1. The Morgan fingerprint density at radius 2 is 2.04 bits per heavy atom. The van der Waals surface area contributed by atoms with Gasteiger partial charge in [0.05, 0.1) is 5.75 Å². The van der Waals surface area contributed by atoms with Gasteiger partial charge >= 0.3 is 0 Å². The van der Waals surface area contributed by atoms with Gasteiger partial charge in [-0.1, -0.05) is 17.8 Å². The molecule has 0 atom stereocenters. The number of halogens is 1. The molecule has 0 aliphatic rings. The average Bonchev–Trinajstić information content (AvgIpc) is 2.98. The summed E-state index contributed by atoms with van der Waals surface area (Å²) in [5.74, 6) is 5.87. The molecule has 1 amide bonds. The lowest BCUT2D eigenvalue weighted by molar-refractivity contribution is -0.113. The van der Waals surface area contributed by atoms with Gasteiger partial charge in [0.1, 0.15) is 5.82 Å². The van der Waals surface area contributed by atoms with E-state index in [1.165, 1.54) is 10.7 Å². The van der Waals surface area contributed by atoms with Crippen LogP contribution in [0.15, 0.2) is 47.9 Å². The maximum atomic E-state index is 13.5. The number of anilines is 1. The Morgan fingerprint density at radius 1 is 1.28 bits per heavy atom. The number of benzene rings is 1. The topological polar surface area (TPSA) is 98.7 Å². The molecule has 0 unspecified atom stereocenters. The SMILES string of the molecule is Cc1ccc(NC(=O)CSc2nnc(-c3ccncc3)n2N)cc1F. The number of rotatable bonds is 5. The fourth-order valence-corrected chi connectivity index (χ4v) is 2.73. The molecule has 0 saturated heterocycles. The van der Waals surface area contributed by atoms with Crippen LogP contribution in [0.3, 0.4) is 0 Å². The molecule has 3 rings (SSSR count). The lowest BCUT2D eigenvalue weighted by Crippen LogP contribution is -2.16. The third kappa shape index (κ3) is 3.94. The van der Waals surface area contributed by atoms with E-state index < -0.39 is 0 Å². The molecular weight excluding hydrogens is 343 g/mol. The number of carbonyl (C=O) groups excluding carboxylic acids is 1. The molecule has 2 heterocycles. The quantitative estimate of drug-likeness (QED) is 0.536. The summed E-state index contributed by atoms with van der Waals surface area (Å²) in [7, 11) is 0. The van der Waals surface area contributed by atoms with Crippen LogP contribution in [0.5, 0.6) is 0 Å². The van der Waals surface area contributed by atoms with Crippen molar-refractivity contribution in [2.45, 2.75) is 12.1 Å². The normalized spacial score (nSPS) is 10.6. The first-order valence-corrected chi connectivity index (χ1v) is 8.33. The van der Waals surface area contributed by atoms with Gasteiger partial charge in [0.15, 0.2) is 5.82 Å². The Kier molecular flexibility index (Phi) is 4.94. The van der Waals surface area contributed by atoms with Crippen molar-refractivity contribution in [2.75, 3.05) is 16.9 Å². The minimum absolute atomic E-state index is 0.0706. The number of thioether (sulfide) groups is 1. The minimum atomic E-state index is -0.367. The Morgan fingerprint density at radius 3 is 2.76 bits per heavy atom. The number of pyridine rings is 1. The number of nitrogens with zero attached hydrogens (tertiary/aromatic N) is 4. The van der Waals surface area contributed by atoms with Gasteiger partial charge in [0.2, 0.25) is 11.1 Å². The molecule has 0 radical (unpaired) electrons. The Hall–Kier alpha value is -2.94. The molecule has 0 aliphatic heterocycles. The fraction of sp³-hybridized carbons (Fsp3) is 0.125. The molecule has 9 heteroatoms. The van der Waals surface area contributed by atoms with E-state index in [1.807, 2.05) is 0 Å². The second-order valence-corrected chi connectivity index (χ2v) is 6.16. The zero-order valence-corrected chi connectivity index (χ0v) is 14.1. The molecular formula is C16H15FN6OS. The van der Waals surface area contributed by atoms with Gasteiger partial charge in [0.25, 0.3) is 0 Å².